The van der Waals surface area contributed by atoms with Gasteiger partial charge in [-0.05, 0) is 40.7 Å². The number of methoxy groups -OCH3 is 1. The van der Waals surface area contributed by atoms with Crippen molar-refractivity contribution in [3.8, 4) is 11.5 Å². The average molecular weight is 340 g/mol. The summed E-state index contributed by atoms with van der Waals surface area (Å²) in [6, 6.07) is 4.00. The molecule has 1 aromatic carbocycles. The molecule has 0 aliphatic rings. The maximum Gasteiger partial charge on any atom is 0.175 e. The molecule has 1 N–H and O–H groups in total. The molecule has 0 atom stereocenters. The van der Waals surface area contributed by atoms with Crippen LogP contribution in [0.15, 0.2) is 29.1 Å². The first-order valence-corrected chi connectivity index (χ1v) is 7.04. The van der Waals surface area contributed by atoms with Crippen LogP contribution in [0.5, 0.6) is 11.5 Å². The molecule has 0 radical (unpaired) electrons. The third kappa shape index (κ3) is 3.32. The molecule has 1 aromatic heterocycles. The zero-order chi connectivity index (χ0) is 14.5. The summed E-state index contributed by atoms with van der Waals surface area (Å²) in [5.74, 6) is 1.42. The van der Waals surface area contributed by atoms with Gasteiger partial charge in [0.15, 0.2) is 11.5 Å². The van der Waals surface area contributed by atoms with Crippen molar-refractivity contribution in [2.75, 3.05) is 14.2 Å². The van der Waals surface area contributed by atoms with Gasteiger partial charge in [0.2, 0.25) is 0 Å². The van der Waals surface area contributed by atoms with Crippen molar-refractivity contribution in [3.63, 3.8) is 0 Å². The van der Waals surface area contributed by atoms with Crippen molar-refractivity contribution in [1.82, 2.24) is 14.9 Å². The first-order chi connectivity index (χ1) is 9.65. The van der Waals surface area contributed by atoms with E-state index in [9.17, 15) is 0 Å². The van der Waals surface area contributed by atoms with Gasteiger partial charge in [-0.15, -0.1) is 0 Å². The van der Waals surface area contributed by atoms with Crippen LogP contribution in [0.2, 0.25) is 0 Å². The number of imidazole rings is 1. The molecule has 0 aliphatic heterocycles. The van der Waals surface area contributed by atoms with Crippen molar-refractivity contribution in [3.05, 3.63) is 40.4 Å². The number of rotatable bonds is 6. The second-order valence-electron chi connectivity index (χ2n) is 4.42. The molecular weight excluding hydrogens is 322 g/mol. The molecule has 0 amide bonds. The molecule has 0 spiro atoms. The summed E-state index contributed by atoms with van der Waals surface area (Å²) in [4.78, 5) is 4.07. The molecule has 0 saturated heterocycles. The quantitative estimate of drug-likeness (QED) is 0.878. The van der Waals surface area contributed by atoms with E-state index in [1.807, 2.05) is 30.8 Å². The number of nitrogens with one attached hydrogen (secondary N) is 1. The maximum absolute atomic E-state index is 5.86. The Bertz CT molecular complexity index is 584. The normalized spacial score (nSPS) is 10.6. The van der Waals surface area contributed by atoms with Crippen molar-refractivity contribution in [1.29, 1.82) is 0 Å². The molecule has 2 aromatic rings. The Balaban J connectivity index is 2.20. The highest BCUT2D eigenvalue weighted by molar-refractivity contribution is 9.10. The molecule has 5 nitrogen and oxygen atoms in total. The Morgan fingerprint density at radius 3 is 2.80 bits per heavy atom. The van der Waals surface area contributed by atoms with Crippen LogP contribution in [0.25, 0.3) is 0 Å². The molecule has 6 heteroatoms. The Morgan fingerprint density at radius 1 is 1.40 bits per heavy atom. The number of ether oxygens (including phenoxy) is 2. The number of hydrogen-bond donors (Lipinski definition) is 1. The van der Waals surface area contributed by atoms with Gasteiger partial charge in [0.1, 0.15) is 6.61 Å². The number of aryl methyl sites for hydroxylation is 1. The minimum atomic E-state index is 0.441. The summed E-state index contributed by atoms with van der Waals surface area (Å²) in [6.07, 6.45) is 3.54. The predicted octanol–water partition coefficient (Wildman–Crippen LogP) is 2.49. The highest BCUT2D eigenvalue weighted by Crippen LogP contribution is 2.37. The fraction of sp³-hybridized carbons (Fsp3) is 0.357. The summed E-state index contributed by atoms with van der Waals surface area (Å²) < 4.78 is 14.1. The summed E-state index contributed by atoms with van der Waals surface area (Å²) in [5.41, 5.74) is 2.13. The molecule has 0 aliphatic carbocycles. The van der Waals surface area contributed by atoms with Crippen LogP contribution >= 0.6 is 15.9 Å². The standard InChI is InChI=1S/C14H18BrN3O2/c1-16-6-10-4-12(15)14(13(5-10)19-3)20-8-11-7-17-9-18(11)2/h4-5,7,9,16H,6,8H2,1-3H3. The van der Waals surface area contributed by atoms with Gasteiger partial charge in [0.25, 0.3) is 0 Å². The molecule has 1 heterocycles. The SMILES string of the molecule is CNCc1cc(Br)c(OCc2cncn2C)c(OC)c1. The van der Waals surface area contributed by atoms with Crippen LogP contribution in [0, 0.1) is 0 Å². The lowest BCUT2D eigenvalue weighted by Crippen LogP contribution is -2.07. The summed E-state index contributed by atoms with van der Waals surface area (Å²) in [7, 11) is 5.49. The van der Waals surface area contributed by atoms with Gasteiger partial charge in [-0.2, -0.15) is 0 Å². The smallest absolute Gasteiger partial charge is 0.175 e. The lowest BCUT2D eigenvalue weighted by Gasteiger charge is -2.14. The van der Waals surface area contributed by atoms with Crippen LogP contribution in [0.3, 0.4) is 0 Å². The second kappa shape index (κ2) is 6.76. The van der Waals surface area contributed by atoms with E-state index in [0.717, 1.165) is 22.3 Å². The molecule has 0 saturated carbocycles. The predicted molar refractivity (Wildman–Crippen MR) is 81.0 cm³/mol. The van der Waals surface area contributed by atoms with Crippen molar-refractivity contribution in [2.45, 2.75) is 13.2 Å². The van der Waals surface area contributed by atoms with E-state index < -0.39 is 0 Å². The van der Waals surface area contributed by atoms with Crippen LogP contribution in [0.4, 0.5) is 0 Å². The minimum absolute atomic E-state index is 0.441. The van der Waals surface area contributed by atoms with E-state index in [2.05, 4.69) is 26.2 Å². The third-order valence-corrected chi connectivity index (χ3v) is 3.54. The molecule has 20 heavy (non-hydrogen) atoms. The fourth-order valence-electron chi connectivity index (χ4n) is 1.89. The molecule has 2 rings (SSSR count). The Hall–Kier alpha value is -1.53. The van der Waals surface area contributed by atoms with Gasteiger partial charge in [0, 0.05) is 13.6 Å². The highest BCUT2D eigenvalue weighted by Gasteiger charge is 2.12. The van der Waals surface area contributed by atoms with Gasteiger partial charge >= 0.3 is 0 Å². The van der Waals surface area contributed by atoms with Crippen LogP contribution in [-0.4, -0.2) is 23.7 Å². The zero-order valence-corrected chi connectivity index (χ0v) is 13.4. The van der Waals surface area contributed by atoms with Crippen LogP contribution in [-0.2, 0) is 20.2 Å². The molecule has 0 unspecified atom stereocenters. The minimum Gasteiger partial charge on any atom is -0.493 e. The number of hydrogen-bond acceptors (Lipinski definition) is 4. The largest absolute Gasteiger partial charge is 0.493 e. The van der Waals surface area contributed by atoms with Gasteiger partial charge in [-0.1, -0.05) is 0 Å². The Morgan fingerprint density at radius 2 is 2.20 bits per heavy atom. The van der Waals surface area contributed by atoms with Crippen LogP contribution in [0.1, 0.15) is 11.3 Å². The molecule has 0 fully saturated rings. The third-order valence-electron chi connectivity index (χ3n) is 2.95. The summed E-state index contributed by atoms with van der Waals surface area (Å²) in [6.45, 7) is 1.22. The van der Waals surface area contributed by atoms with Gasteiger partial charge in [-0.3, -0.25) is 0 Å². The van der Waals surface area contributed by atoms with E-state index in [1.165, 1.54) is 0 Å². The molecule has 108 valence electrons. The fourth-order valence-corrected chi connectivity index (χ4v) is 2.49. The monoisotopic (exact) mass is 339 g/mol. The van der Waals surface area contributed by atoms with Gasteiger partial charge < -0.3 is 19.4 Å². The van der Waals surface area contributed by atoms with Crippen molar-refractivity contribution in [2.24, 2.45) is 7.05 Å². The van der Waals surface area contributed by atoms with E-state index in [0.29, 0.717) is 18.1 Å². The zero-order valence-electron chi connectivity index (χ0n) is 11.8. The molecular formula is C14H18BrN3O2. The summed E-state index contributed by atoms with van der Waals surface area (Å²) >= 11 is 3.54. The lowest BCUT2D eigenvalue weighted by molar-refractivity contribution is 0.275. The van der Waals surface area contributed by atoms with E-state index >= 15 is 0 Å². The summed E-state index contributed by atoms with van der Waals surface area (Å²) in [5, 5.41) is 3.12. The van der Waals surface area contributed by atoms with Crippen LogP contribution < -0.4 is 14.8 Å². The maximum atomic E-state index is 5.86. The number of halogens is 1. The number of nitrogens with zero attached hydrogens (tertiary/aromatic N) is 2. The number of aromatic nitrogens is 2. The van der Waals surface area contributed by atoms with E-state index in [4.69, 9.17) is 9.47 Å². The average Bonchev–Trinajstić information content (AvgIpc) is 2.83. The van der Waals surface area contributed by atoms with E-state index in [1.54, 1.807) is 19.6 Å². The highest BCUT2D eigenvalue weighted by atomic mass is 79.9. The lowest BCUT2D eigenvalue weighted by atomic mass is 10.2. The first-order valence-electron chi connectivity index (χ1n) is 6.24. The van der Waals surface area contributed by atoms with E-state index in [-0.39, 0.29) is 0 Å². The van der Waals surface area contributed by atoms with Gasteiger partial charge in [0.05, 0.1) is 29.8 Å². The number of benzene rings is 1. The Labute approximate surface area is 127 Å². The Kier molecular flexibility index (Phi) is 5.03. The van der Waals surface area contributed by atoms with Crippen molar-refractivity contribution >= 4 is 15.9 Å². The second-order valence-corrected chi connectivity index (χ2v) is 5.28. The van der Waals surface area contributed by atoms with Crippen molar-refractivity contribution < 1.29 is 9.47 Å². The molecule has 0 bridgehead atoms. The first kappa shape index (κ1) is 14.9. The topological polar surface area (TPSA) is 48.3 Å². The van der Waals surface area contributed by atoms with Gasteiger partial charge in [-0.25, -0.2) is 4.98 Å².